The van der Waals surface area contributed by atoms with E-state index in [1.54, 1.807) is 0 Å². The third-order valence-electron chi connectivity index (χ3n) is 4.45. The zero-order valence-electron chi connectivity index (χ0n) is 15.7. The average Bonchev–Trinajstić information content (AvgIpc) is 3.10. The number of ether oxygens (including phenoxy) is 1. The van der Waals surface area contributed by atoms with Crippen molar-refractivity contribution < 1.29 is 9.15 Å². The summed E-state index contributed by atoms with van der Waals surface area (Å²) in [6, 6.07) is 15.9. The summed E-state index contributed by atoms with van der Waals surface area (Å²) < 4.78 is 11.8. The first kappa shape index (κ1) is 18.2. The van der Waals surface area contributed by atoms with Crippen LogP contribution in [0.2, 0.25) is 0 Å². The molecule has 0 aliphatic rings. The van der Waals surface area contributed by atoms with E-state index in [4.69, 9.17) is 9.15 Å². The molecule has 3 rings (SSSR count). The molecule has 26 heavy (non-hydrogen) atoms. The first-order chi connectivity index (χ1) is 12.7. The molecule has 2 aromatic carbocycles. The molecule has 0 bridgehead atoms. The van der Waals surface area contributed by atoms with Gasteiger partial charge in [-0.1, -0.05) is 45.0 Å². The summed E-state index contributed by atoms with van der Waals surface area (Å²) in [6.07, 6.45) is 4.96. The molecule has 0 saturated carbocycles. The molecule has 4 heteroatoms. The second-order valence-electron chi connectivity index (χ2n) is 6.12. The highest BCUT2D eigenvalue weighted by molar-refractivity contribution is 5.75. The second-order valence-corrected chi connectivity index (χ2v) is 6.12. The monoisotopic (exact) mass is 350 g/mol. The van der Waals surface area contributed by atoms with Crippen LogP contribution in [0.3, 0.4) is 0 Å². The first-order valence-corrected chi connectivity index (χ1v) is 9.27. The summed E-state index contributed by atoms with van der Waals surface area (Å²) in [4.78, 5) is 6.77. The molecule has 0 radical (unpaired) electrons. The van der Waals surface area contributed by atoms with Crippen LogP contribution in [0.1, 0.15) is 38.6 Å². The smallest absolute Gasteiger partial charge is 0.220 e. The van der Waals surface area contributed by atoms with Gasteiger partial charge < -0.3 is 9.15 Å². The number of hydrogen-bond donors (Lipinski definition) is 0. The fourth-order valence-corrected chi connectivity index (χ4v) is 2.99. The predicted octanol–water partition coefficient (Wildman–Crippen LogP) is 5.45. The molecule has 0 amide bonds. The summed E-state index contributed by atoms with van der Waals surface area (Å²) in [6.45, 7) is 8.45. The average molecular weight is 350 g/mol. The molecule has 0 N–H and O–H groups in total. The van der Waals surface area contributed by atoms with Crippen LogP contribution >= 0.6 is 0 Å². The van der Waals surface area contributed by atoms with Gasteiger partial charge in [0, 0.05) is 6.08 Å². The zero-order chi connectivity index (χ0) is 18.4. The molecule has 0 saturated heterocycles. The van der Waals surface area contributed by atoms with E-state index in [0.717, 1.165) is 41.9 Å². The summed E-state index contributed by atoms with van der Waals surface area (Å²) in [5.41, 5.74) is 2.76. The Labute approximate surface area is 155 Å². The minimum atomic E-state index is 0.117. The van der Waals surface area contributed by atoms with Gasteiger partial charge in [-0.2, -0.15) is 0 Å². The van der Waals surface area contributed by atoms with Crippen molar-refractivity contribution in [2.45, 2.75) is 33.4 Å². The number of benzene rings is 2. The first-order valence-electron chi connectivity index (χ1n) is 9.27. The van der Waals surface area contributed by atoms with Gasteiger partial charge in [-0.15, -0.1) is 0 Å². The van der Waals surface area contributed by atoms with Crippen LogP contribution in [0.15, 0.2) is 52.9 Å². The van der Waals surface area contributed by atoms with Gasteiger partial charge in [-0.3, -0.25) is 4.90 Å². The zero-order valence-corrected chi connectivity index (χ0v) is 15.7. The maximum Gasteiger partial charge on any atom is 0.220 e. The van der Waals surface area contributed by atoms with Crippen molar-refractivity contribution in [3.63, 3.8) is 0 Å². The topological polar surface area (TPSA) is 38.5 Å². The van der Waals surface area contributed by atoms with Crippen LogP contribution < -0.4 is 4.74 Å². The van der Waals surface area contributed by atoms with Gasteiger partial charge >= 0.3 is 0 Å². The van der Waals surface area contributed by atoms with Crippen LogP contribution in [0.4, 0.5) is 0 Å². The molecule has 4 nitrogen and oxygen atoms in total. The third-order valence-corrected chi connectivity index (χ3v) is 4.45. The third kappa shape index (κ3) is 4.33. The molecule has 0 fully saturated rings. The molecule has 1 heterocycles. The van der Waals surface area contributed by atoms with Gasteiger partial charge in [0.2, 0.25) is 5.89 Å². The summed E-state index contributed by atoms with van der Waals surface area (Å²) >= 11 is 0. The van der Waals surface area contributed by atoms with Gasteiger partial charge in [0.25, 0.3) is 0 Å². The van der Waals surface area contributed by atoms with Gasteiger partial charge in [-0.05, 0) is 55.4 Å². The summed E-state index contributed by atoms with van der Waals surface area (Å²) in [5, 5.41) is 0. The number of aromatic nitrogens is 1. The SMILES string of the molecule is CCC(Oc1ccc(/C=C/c2nc3ccccc3o2)cc1)N(CC)CC. The number of nitrogens with zero attached hydrogens (tertiary/aromatic N) is 2. The van der Waals surface area contributed by atoms with E-state index < -0.39 is 0 Å². The number of para-hydroxylation sites is 2. The fourth-order valence-electron chi connectivity index (χ4n) is 2.99. The van der Waals surface area contributed by atoms with Gasteiger partial charge in [0.15, 0.2) is 11.8 Å². The Hall–Kier alpha value is -2.59. The van der Waals surface area contributed by atoms with Crippen LogP contribution in [0, 0.1) is 0 Å². The highest BCUT2D eigenvalue weighted by Gasteiger charge is 2.14. The lowest BCUT2D eigenvalue weighted by Crippen LogP contribution is -2.38. The van der Waals surface area contributed by atoms with Crippen molar-refractivity contribution in [1.29, 1.82) is 0 Å². The van der Waals surface area contributed by atoms with Gasteiger partial charge in [0.05, 0.1) is 0 Å². The number of hydrogen-bond acceptors (Lipinski definition) is 4. The Morgan fingerprint density at radius 1 is 1.00 bits per heavy atom. The van der Waals surface area contributed by atoms with Crippen LogP contribution in [0.25, 0.3) is 23.3 Å². The van der Waals surface area contributed by atoms with Gasteiger partial charge in [0.1, 0.15) is 11.3 Å². The van der Waals surface area contributed by atoms with E-state index in [2.05, 4.69) is 30.7 Å². The van der Waals surface area contributed by atoms with E-state index in [1.807, 2.05) is 60.7 Å². The molecule has 1 atom stereocenters. The molecule has 3 aromatic rings. The Morgan fingerprint density at radius 3 is 2.38 bits per heavy atom. The lowest BCUT2D eigenvalue weighted by atomic mass is 10.2. The predicted molar refractivity (Wildman–Crippen MR) is 107 cm³/mol. The van der Waals surface area contributed by atoms with E-state index in [-0.39, 0.29) is 6.23 Å². The molecule has 0 aliphatic carbocycles. The van der Waals surface area contributed by atoms with Crippen molar-refractivity contribution in [2.75, 3.05) is 13.1 Å². The normalized spacial score (nSPS) is 12.9. The van der Waals surface area contributed by atoms with E-state index in [9.17, 15) is 0 Å². The molecule has 0 aliphatic heterocycles. The van der Waals surface area contributed by atoms with E-state index in [1.165, 1.54) is 0 Å². The quantitative estimate of drug-likeness (QED) is 0.506. The minimum Gasteiger partial charge on any atom is -0.475 e. The molecule has 0 spiro atoms. The lowest BCUT2D eigenvalue weighted by Gasteiger charge is -2.29. The fraction of sp³-hybridized carbons (Fsp3) is 0.318. The lowest BCUT2D eigenvalue weighted by molar-refractivity contribution is 0.0298. The molecular formula is C22H26N2O2. The van der Waals surface area contributed by atoms with Crippen molar-refractivity contribution in [3.05, 3.63) is 60.0 Å². The molecule has 1 aromatic heterocycles. The van der Waals surface area contributed by atoms with E-state index in [0.29, 0.717) is 5.89 Å². The Morgan fingerprint density at radius 2 is 1.73 bits per heavy atom. The maximum absolute atomic E-state index is 6.14. The van der Waals surface area contributed by atoms with E-state index >= 15 is 0 Å². The standard InChI is InChI=1S/C22H26N2O2/c1-4-22(24(5-2)6-3)25-18-14-11-17(12-15-18)13-16-21-23-19-9-7-8-10-20(19)26-21/h7-16,22H,4-6H2,1-3H3/b16-13+. The largest absolute Gasteiger partial charge is 0.475 e. The van der Waals surface area contributed by atoms with Crippen molar-refractivity contribution >= 4 is 23.3 Å². The highest BCUT2D eigenvalue weighted by Crippen LogP contribution is 2.19. The Kier molecular flexibility index (Phi) is 6.08. The Balaban J connectivity index is 1.67. The van der Waals surface area contributed by atoms with Crippen molar-refractivity contribution in [3.8, 4) is 5.75 Å². The highest BCUT2D eigenvalue weighted by atomic mass is 16.5. The van der Waals surface area contributed by atoms with Crippen LogP contribution in [-0.4, -0.2) is 29.2 Å². The van der Waals surface area contributed by atoms with Gasteiger partial charge in [-0.25, -0.2) is 4.98 Å². The summed E-state index contributed by atoms with van der Waals surface area (Å²) in [7, 11) is 0. The van der Waals surface area contributed by atoms with Crippen molar-refractivity contribution in [2.24, 2.45) is 0 Å². The van der Waals surface area contributed by atoms with Crippen LogP contribution in [0.5, 0.6) is 5.75 Å². The molecular weight excluding hydrogens is 324 g/mol. The minimum absolute atomic E-state index is 0.117. The molecule has 1 unspecified atom stereocenters. The number of rotatable bonds is 8. The van der Waals surface area contributed by atoms with Crippen molar-refractivity contribution in [1.82, 2.24) is 9.88 Å². The maximum atomic E-state index is 6.14. The second kappa shape index (κ2) is 8.68. The Bertz CT molecular complexity index is 815. The van der Waals surface area contributed by atoms with Crippen LogP contribution in [-0.2, 0) is 0 Å². The number of fused-ring (bicyclic) bond motifs is 1. The summed E-state index contributed by atoms with van der Waals surface area (Å²) in [5.74, 6) is 1.50. The molecule has 136 valence electrons. The number of oxazole rings is 1.